The van der Waals surface area contributed by atoms with Crippen LogP contribution >= 0.6 is 0 Å². The molecule has 82 heavy (non-hydrogen) atoms. The summed E-state index contributed by atoms with van der Waals surface area (Å²) in [6.45, 7) is 27.8. The molecule has 14 rings (SSSR count). The first-order valence-electron chi connectivity index (χ1n) is 30.6. The molecule has 0 bridgehead atoms. The quantitative estimate of drug-likeness (QED) is 0.165. The lowest BCUT2D eigenvalue weighted by atomic mass is 9.65. The second-order valence-corrected chi connectivity index (χ2v) is 28.6. The Kier molecular flexibility index (Phi) is 12.0. The minimum atomic E-state index is -0.605. The molecule has 4 aliphatic carbocycles. The summed E-state index contributed by atoms with van der Waals surface area (Å²) in [6, 6.07) is 68.6. The molecule has 1 aromatic heterocycles. The van der Waals surface area contributed by atoms with Gasteiger partial charge in [0, 0.05) is 39.7 Å². The molecule has 1 spiro atoms. The first-order valence-corrected chi connectivity index (χ1v) is 30.6. The molecule has 1 heterocycles. The van der Waals surface area contributed by atoms with Crippen LogP contribution < -0.4 is 9.80 Å². The summed E-state index contributed by atoms with van der Waals surface area (Å²) in [5.74, 6) is 0. The van der Waals surface area contributed by atoms with Crippen molar-refractivity contribution in [2.24, 2.45) is 0 Å². The summed E-state index contributed by atoms with van der Waals surface area (Å²) in [7, 11) is 0. The maximum atomic E-state index is 7.63. The predicted octanol–water partition coefficient (Wildman–Crippen LogP) is 21.2. The third-order valence-corrected chi connectivity index (χ3v) is 19.4. The lowest BCUT2D eigenvalue weighted by Gasteiger charge is -2.41. The van der Waals surface area contributed by atoms with E-state index in [-0.39, 0.29) is 27.7 Å². The van der Waals surface area contributed by atoms with E-state index in [2.05, 4.69) is 269 Å². The van der Waals surface area contributed by atoms with Gasteiger partial charge in [0.2, 0.25) is 0 Å². The topological polar surface area (TPSA) is 19.6 Å². The summed E-state index contributed by atoms with van der Waals surface area (Å²) in [4.78, 5) is 5.27. The summed E-state index contributed by atoms with van der Waals surface area (Å²) in [5.41, 5.74) is 30.1. The number of benzene rings is 9. The second-order valence-electron chi connectivity index (χ2n) is 28.6. The molecular formula is C79H80N2O. The van der Waals surface area contributed by atoms with E-state index in [4.69, 9.17) is 4.42 Å². The Balaban J connectivity index is 1.06. The highest BCUT2D eigenvalue weighted by Gasteiger charge is 2.56. The fourth-order valence-corrected chi connectivity index (χ4v) is 15.2. The average Bonchev–Trinajstić information content (AvgIpc) is 4.30. The van der Waals surface area contributed by atoms with E-state index in [0.29, 0.717) is 0 Å². The number of anilines is 5. The number of fused-ring (bicyclic) bond motifs is 19. The predicted molar refractivity (Wildman–Crippen MR) is 347 cm³/mol. The zero-order valence-electron chi connectivity index (χ0n) is 50.6. The van der Waals surface area contributed by atoms with Gasteiger partial charge in [0.25, 0.3) is 0 Å². The second kappa shape index (κ2) is 18.7. The molecule has 0 radical (unpaired) electrons. The summed E-state index contributed by atoms with van der Waals surface area (Å²) in [6.07, 6.45) is 7.52. The van der Waals surface area contributed by atoms with Crippen LogP contribution in [0.5, 0.6) is 0 Å². The van der Waals surface area contributed by atoms with Crippen molar-refractivity contribution in [1.82, 2.24) is 0 Å². The highest BCUT2D eigenvalue weighted by atomic mass is 16.3. The fraction of sp³-hybridized carbons (Fsp3) is 0.316. The summed E-state index contributed by atoms with van der Waals surface area (Å²) < 4.78 is 7.63. The Labute approximate surface area is 488 Å². The minimum Gasteiger partial charge on any atom is -0.455 e. The molecule has 9 aromatic carbocycles. The Morgan fingerprint density at radius 3 is 1.38 bits per heavy atom. The van der Waals surface area contributed by atoms with Gasteiger partial charge in [0.05, 0.1) is 16.5 Å². The molecular weight excluding hydrogens is 993 g/mol. The van der Waals surface area contributed by atoms with Gasteiger partial charge >= 0.3 is 0 Å². The molecule has 3 nitrogen and oxygen atoms in total. The van der Waals surface area contributed by atoms with Gasteiger partial charge < -0.3 is 14.2 Å². The molecule has 3 heteroatoms. The van der Waals surface area contributed by atoms with E-state index in [1.54, 1.807) is 22.3 Å². The number of hydrogen-bond donors (Lipinski definition) is 0. The summed E-state index contributed by atoms with van der Waals surface area (Å²) in [5, 5.41) is 2.32. The van der Waals surface area contributed by atoms with E-state index in [1.165, 1.54) is 96.4 Å². The molecule has 1 unspecified atom stereocenters. The Morgan fingerprint density at radius 2 is 0.878 bits per heavy atom. The molecule has 0 N–H and O–H groups in total. The SMILES string of the molecule is CC(C)(C)c1ccc(N(c2ccc(C(C)(C)C)cc2)c2cc3c(c4oc5ccccc5c24)-c2c4c(c5c(c2C32c3ccccc3-c3ccccc32)CCC(N(c2ccc(C(C)(C)C)cc2)c2ccc(C(C)(C)C)cc2)C5)CCCC4)cc1. The van der Waals surface area contributed by atoms with Crippen molar-refractivity contribution in [1.29, 1.82) is 0 Å². The molecule has 4 aliphatic rings. The molecule has 0 saturated carbocycles. The van der Waals surface area contributed by atoms with E-state index in [0.717, 1.165) is 65.7 Å². The van der Waals surface area contributed by atoms with E-state index in [9.17, 15) is 0 Å². The van der Waals surface area contributed by atoms with Crippen LogP contribution in [0.25, 0.3) is 44.2 Å². The number of furan rings is 1. The standard InChI is InChI=1S/C79H80N2O/c1-75(2,3)49-29-37-53(38-30-49)80(54-39-31-50(32-40-54)76(4,5)6)57-45-46-62-64(47-57)58-21-13-14-24-61(58)71-72-67(79(73(62)71)65-26-18-15-22-59(65)60-23-16-19-27-66(60)79)48-68(70-63-25-17-20-28-69(63)82-74(70)72)81(55-41-33-51(34-42-55)77(7,8)9)56-43-35-52(36-44-56)78(10,11)12/h15-20,22-23,25-44,48,57H,13-14,21,24,45-47H2,1-12H3. The highest BCUT2D eigenvalue weighted by molar-refractivity contribution is 6.20. The van der Waals surface area contributed by atoms with Crippen molar-refractivity contribution in [3.05, 3.63) is 243 Å². The van der Waals surface area contributed by atoms with Crippen LogP contribution in [-0.4, -0.2) is 6.04 Å². The Bertz CT molecular complexity index is 3980. The first-order chi connectivity index (χ1) is 39.2. The van der Waals surface area contributed by atoms with Crippen LogP contribution in [0.2, 0.25) is 0 Å². The maximum absolute atomic E-state index is 7.63. The third-order valence-electron chi connectivity index (χ3n) is 19.4. The van der Waals surface area contributed by atoms with E-state index < -0.39 is 5.41 Å². The molecule has 0 aliphatic heterocycles. The number of nitrogens with zero attached hydrogens (tertiary/aromatic N) is 2. The lowest BCUT2D eigenvalue weighted by Crippen LogP contribution is -2.38. The minimum absolute atomic E-state index is 0.00666. The van der Waals surface area contributed by atoms with Crippen LogP contribution in [0.3, 0.4) is 0 Å². The van der Waals surface area contributed by atoms with Gasteiger partial charge in [-0.05, 0) is 211 Å². The zero-order chi connectivity index (χ0) is 56.8. The Hall–Kier alpha value is -7.62. The van der Waals surface area contributed by atoms with Crippen molar-refractivity contribution in [3.63, 3.8) is 0 Å². The number of rotatable bonds is 6. The van der Waals surface area contributed by atoms with Crippen LogP contribution in [0.15, 0.2) is 180 Å². The van der Waals surface area contributed by atoms with Gasteiger partial charge in [-0.25, -0.2) is 0 Å². The monoisotopic (exact) mass is 1070 g/mol. The summed E-state index contributed by atoms with van der Waals surface area (Å²) >= 11 is 0. The van der Waals surface area contributed by atoms with Crippen molar-refractivity contribution in [2.75, 3.05) is 9.80 Å². The third kappa shape index (κ3) is 8.10. The number of para-hydroxylation sites is 1. The first kappa shape index (κ1) is 52.5. The molecule has 0 amide bonds. The van der Waals surface area contributed by atoms with Crippen LogP contribution in [0, 0.1) is 0 Å². The van der Waals surface area contributed by atoms with Crippen LogP contribution in [0.1, 0.15) is 169 Å². The van der Waals surface area contributed by atoms with Crippen molar-refractivity contribution in [2.45, 2.75) is 161 Å². The molecule has 1 atom stereocenters. The van der Waals surface area contributed by atoms with Crippen molar-refractivity contribution >= 4 is 50.4 Å². The fourth-order valence-electron chi connectivity index (χ4n) is 15.2. The molecule has 10 aromatic rings. The molecule has 0 saturated heterocycles. The van der Waals surface area contributed by atoms with Crippen LogP contribution in [0.4, 0.5) is 28.4 Å². The van der Waals surface area contributed by atoms with Crippen LogP contribution in [-0.2, 0) is 52.8 Å². The zero-order valence-corrected chi connectivity index (χ0v) is 50.6. The van der Waals surface area contributed by atoms with Crippen molar-refractivity contribution < 1.29 is 4.42 Å². The van der Waals surface area contributed by atoms with E-state index >= 15 is 0 Å². The van der Waals surface area contributed by atoms with Gasteiger partial charge in [-0.1, -0.05) is 198 Å². The van der Waals surface area contributed by atoms with Gasteiger partial charge in [-0.3, -0.25) is 0 Å². The van der Waals surface area contributed by atoms with Gasteiger partial charge in [0.15, 0.2) is 0 Å². The van der Waals surface area contributed by atoms with Crippen molar-refractivity contribution in [3.8, 4) is 22.3 Å². The molecule has 412 valence electrons. The van der Waals surface area contributed by atoms with Gasteiger partial charge in [-0.15, -0.1) is 0 Å². The normalized spacial score (nSPS) is 16.2. The van der Waals surface area contributed by atoms with E-state index in [1.807, 2.05) is 0 Å². The number of hydrogen-bond acceptors (Lipinski definition) is 3. The average molecular weight is 1070 g/mol. The molecule has 0 fully saturated rings. The smallest absolute Gasteiger partial charge is 0.145 e. The Morgan fingerprint density at radius 1 is 0.427 bits per heavy atom. The van der Waals surface area contributed by atoms with Gasteiger partial charge in [-0.2, -0.15) is 0 Å². The largest absolute Gasteiger partial charge is 0.455 e. The maximum Gasteiger partial charge on any atom is 0.145 e. The lowest BCUT2D eigenvalue weighted by molar-refractivity contribution is 0.546. The highest BCUT2D eigenvalue weighted by Crippen LogP contribution is 2.68. The van der Waals surface area contributed by atoms with Gasteiger partial charge in [0.1, 0.15) is 11.2 Å².